The Morgan fingerprint density at radius 1 is 1.22 bits per heavy atom. The summed E-state index contributed by atoms with van der Waals surface area (Å²) in [5.74, 6) is 0.731. The van der Waals surface area contributed by atoms with Gasteiger partial charge in [-0.15, -0.1) is 0 Å². The fourth-order valence-corrected chi connectivity index (χ4v) is 4.34. The van der Waals surface area contributed by atoms with Gasteiger partial charge in [-0.1, -0.05) is 24.3 Å². The van der Waals surface area contributed by atoms with Crippen molar-refractivity contribution in [1.82, 2.24) is 15.1 Å². The fourth-order valence-electron chi connectivity index (χ4n) is 4.34. The van der Waals surface area contributed by atoms with Crippen LogP contribution in [0.15, 0.2) is 48.7 Å². The molecule has 0 saturated carbocycles. The second-order valence-electron chi connectivity index (χ2n) is 8.05. The van der Waals surface area contributed by atoms with E-state index in [-0.39, 0.29) is 11.7 Å². The molecule has 1 atom stereocenters. The summed E-state index contributed by atoms with van der Waals surface area (Å²) in [6.45, 7) is 4.50. The number of benzene rings is 2. The van der Waals surface area contributed by atoms with E-state index in [0.717, 1.165) is 36.7 Å². The molecule has 4 rings (SSSR count). The maximum Gasteiger partial charge on any atom is 0.416 e. The number of nitrogens with one attached hydrogen (secondary N) is 1. The van der Waals surface area contributed by atoms with Crippen LogP contribution in [0.5, 0.6) is 11.5 Å². The topological polar surface area (TPSA) is 61.4 Å². The predicted octanol–water partition coefficient (Wildman–Crippen LogP) is 5.58. The number of phenolic OH excluding ortho intramolecular Hbond substituents is 1. The van der Waals surface area contributed by atoms with Crippen LogP contribution in [-0.2, 0) is 12.7 Å². The summed E-state index contributed by atoms with van der Waals surface area (Å²) in [6, 6.07) is 10.8. The first-order chi connectivity index (χ1) is 15.4. The number of halogens is 3. The van der Waals surface area contributed by atoms with Crippen molar-refractivity contribution in [3.63, 3.8) is 0 Å². The van der Waals surface area contributed by atoms with E-state index in [0.29, 0.717) is 36.6 Å². The van der Waals surface area contributed by atoms with Crippen LogP contribution in [0, 0.1) is 0 Å². The smallest absolute Gasteiger partial charge is 0.416 e. The lowest BCUT2D eigenvalue weighted by Crippen LogP contribution is -2.34. The first-order valence-electron chi connectivity index (χ1n) is 10.7. The summed E-state index contributed by atoms with van der Waals surface area (Å²) in [7, 11) is 0. The van der Waals surface area contributed by atoms with Gasteiger partial charge in [0.25, 0.3) is 0 Å². The normalized spacial score (nSPS) is 17.4. The summed E-state index contributed by atoms with van der Waals surface area (Å²) >= 11 is 0. The molecule has 1 aliphatic rings. The number of hydrogen-bond donors (Lipinski definition) is 2. The van der Waals surface area contributed by atoms with Crippen LogP contribution < -0.4 is 4.74 Å². The third-order valence-electron chi connectivity index (χ3n) is 5.86. The van der Waals surface area contributed by atoms with Crippen LogP contribution in [0.4, 0.5) is 13.2 Å². The largest absolute Gasteiger partial charge is 0.504 e. The van der Waals surface area contributed by atoms with E-state index >= 15 is 0 Å². The monoisotopic (exact) mass is 445 g/mol. The van der Waals surface area contributed by atoms with Crippen LogP contribution >= 0.6 is 0 Å². The minimum absolute atomic E-state index is 0.105. The summed E-state index contributed by atoms with van der Waals surface area (Å²) in [6.07, 6.45) is -0.937. The SMILES string of the molecule is CCOc1cccc(CN2CCC[C@@H](c3[nH]ncc3-c3cccc(C(F)(F)F)c3)C2)c1O. The lowest BCUT2D eigenvalue weighted by atomic mass is 9.90. The Balaban J connectivity index is 1.54. The van der Waals surface area contributed by atoms with E-state index in [9.17, 15) is 18.3 Å². The first-order valence-corrected chi connectivity index (χ1v) is 10.7. The first kappa shape index (κ1) is 22.2. The van der Waals surface area contributed by atoms with Gasteiger partial charge in [0.2, 0.25) is 0 Å². The van der Waals surface area contributed by atoms with E-state index in [1.807, 2.05) is 19.1 Å². The Bertz CT molecular complexity index is 1060. The standard InChI is InChI=1S/C24H26F3N3O2/c1-2-32-21-10-4-7-18(23(21)31)15-30-11-5-8-17(14-30)22-20(13-28-29-22)16-6-3-9-19(12-16)24(25,26)27/h3-4,6-7,9-10,12-13,17,31H,2,5,8,11,14-15H2,1H3,(H,28,29)/t17-/m1/s1. The molecule has 5 nitrogen and oxygen atoms in total. The number of piperidine rings is 1. The molecule has 2 heterocycles. The Morgan fingerprint density at radius 2 is 2.03 bits per heavy atom. The summed E-state index contributed by atoms with van der Waals surface area (Å²) in [5.41, 5.74) is 2.17. The molecule has 1 aliphatic heterocycles. The maximum absolute atomic E-state index is 13.2. The molecule has 3 aromatic rings. The van der Waals surface area contributed by atoms with Crippen molar-refractivity contribution in [2.45, 2.75) is 38.4 Å². The van der Waals surface area contributed by atoms with Crippen LogP contribution in [0.1, 0.15) is 42.5 Å². The quantitative estimate of drug-likeness (QED) is 0.520. The molecule has 0 amide bonds. The molecule has 0 bridgehead atoms. The molecule has 0 spiro atoms. The molecular formula is C24H26F3N3O2. The van der Waals surface area contributed by atoms with Gasteiger partial charge >= 0.3 is 6.18 Å². The van der Waals surface area contributed by atoms with Gasteiger partial charge in [-0.25, -0.2) is 0 Å². The van der Waals surface area contributed by atoms with Crippen LogP contribution in [0.3, 0.4) is 0 Å². The van der Waals surface area contributed by atoms with E-state index < -0.39 is 11.7 Å². The zero-order chi connectivity index (χ0) is 22.7. The highest BCUT2D eigenvalue weighted by Gasteiger charge is 2.31. The van der Waals surface area contributed by atoms with E-state index in [2.05, 4.69) is 15.1 Å². The predicted molar refractivity (Wildman–Crippen MR) is 116 cm³/mol. The summed E-state index contributed by atoms with van der Waals surface area (Å²) in [4.78, 5) is 2.25. The van der Waals surface area contributed by atoms with Crippen molar-refractivity contribution in [3.05, 3.63) is 65.5 Å². The van der Waals surface area contributed by atoms with Gasteiger partial charge in [0.1, 0.15) is 0 Å². The number of nitrogens with zero attached hydrogens (tertiary/aromatic N) is 2. The summed E-state index contributed by atoms with van der Waals surface area (Å²) < 4.78 is 45.0. The molecule has 2 N–H and O–H groups in total. The van der Waals surface area contributed by atoms with Gasteiger partial charge in [0.05, 0.1) is 18.4 Å². The minimum Gasteiger partial charge on any atom is -0.504 e. The second-order valence-corrected chi connectivity index (χ2v) is 8.05. The number of ether oxygens (including phenoxy) is 1. The summed E-state index contributed by atoms with van der Waals surface area (Å²) in [5, 5.41) is 17.7. The number of phenols is 1. The number of alkyl halides is 3. The molecule has 8 heteroatoms. The highest BCUT2D eigenvalue weighted by atomic mass is 19.4. The van der Waals surface area contributed by atoms with Crippen molar-refractivity contribution in [3.8, 4) is 22.6 Å². The number of rotatable bonds is 6. The van der Waals surface area contributed by atoms with E-state index in [1.54, 1.807) is 18.3 Å². The lowest BCUT2D eigenvalue weighted by molar-refractivity contribution is -0.137. The van der Waals surface area contributed by atoms with Crippen molar-refractivity contribution < 1.29 is 23.0 Å². The number of aromatic hydroxyl groups is 1. The van der Waals surface area contributed by atoms with Gasteiger partial charge in [-0.3, -0.25) is 10.00 Å². The van der Waals surface area contributed by atoms with Crippen LogP contribution in [0.2, 0.25) is 0 Å². The molecule has 0 unspecified atom stereocenters. The average molecular weight is 445 g/mol. The number of H-pyrrole nitrogens is 1. The molecular weight excluding hydrogens is 419 g/mol. The number of para-hydroxylation sites is 1. The Morgan fingerprint density at radius 3 is 2.81 bits per heavy atom. The maximum atomic E-state index is 13.2. The van der Waals surface area contributed by atoms with Crippen molar-refractivity contribution in [2.75, 3.05) is 19.7 Å². The van der Waals surface area contributed by atoms with Crippen LogP contribution in [-0.4, -0.2) is 39.9 Å². The van der Waals surface area contributed by atoms with Crippen molar-refractivity contribution in [1.29, 1.82) is 0 Å². The number of hydrogen-bond acceptors (Lipinski definition) is 4. The van der Waals surface area contributed by atoms with Gasteiger partial charge < -0.3 is 9.84 Å². The average Bonchev–Trinajstić information content (AvgIpc) is 3.26. The van der Waals surface area contributed by atoms with E-state index in [1.165, 1.54) is 12.1 Å². The van der Waals surface area contributed by atoms with Gasteiger partial charge in [-0.2, -0.15) is 18.3 Å². The number of aromatic nitrogens is 2. The zero-order valence-electron chi connectivity index (χ0n) is 17.8. The lowest BCUT2D eigenvalue weighted by Gasteiger charge is -2.33. The number of likely N-dealkylation sites (tertiary alicyclic amines) is 1. The molecule has 1 saturated heterocycles. The molecule has 0 radical (unpaired) electrons. The van der Waals surface area contributed by atoms with E-state index in [4.69, 9.17) is 4.74 Å². The molecule has 170 valence electrons. The highest BCUT2D eigenvalue weighted by Crippen LogP contribution is 2.37. The second kappa shape index (κ2) is 9.24. The molecule has 1 aromatic heterocycles. The molecule has 1 fully saturated rings. The molecule has 0 aliphatic carbocycles. The Kier molecular flexibility index (Phi) is 6.41. The highest BCUT2D eigenvalue weighted by molar-refractivity contribution is 5.66. The van der Waals surface area contributed by atoms with Gasteiger partial charge in [0, 0.05) is 35.8 Å². The fraction of sp³-hybridized carbons (Fsp3) is 0.375. The minimum atomic E-state index is -4.39. The Hall–Kier alpha value is -3.00. The van der Waals surface area contributed by atoms with Gasteiger partial charge in [0.15, 0.2) is 11.5 Å². The van der Waals surface area contributed by atoms with Gasteiger partial charge in [-0.05, 0) is 50.1 Å². The Labute approximate surface area is 184 Å². The molecule has 32 heavy (non-hydrogen) atoms. The van der Waals surface area contributed by atoms with Crippen molar-refractivity contribution >= 4 is 0 Å². The molecule has 2 aromatic carbocycles. The third kappa shape index (κ3) is 4.75. The third-order valence-corrected chi connectivity index (χ3v) is 5.86. The number of aromatic amines is 1. The van der Waals surface area contributed by atoms with Crippen LogP contribution in [0.25, 0.3) is 11.1 Å². The van der Waals surface area contributed by atoms with Crippen molar-refractivity contribution in [2.24, 2.45) is 0 Å². The zero-order valence-corrected chi connectivity index (χ0v) is 17.8.